The Labute approximate surface area is 177 Å². The fraction of sp³-hybridized carbons (Fsp3) is 0.818. The summed E-state index contributed by atoms with van der Waals surface area (Å²) >= 11 is 0. The summed E-state index contributed by atoms with van der Waals surface area (Å²) in [5, 5.41) is 16.5. The van der Waals surface area contributed by atoms with Crippen LogP contribution in [-0.2, 0) is 13.1 Å². The highest BCUT2D eigenvalue weighted by molar-refractivity contribution is 5.58. The van der Waals surface area contributed by atoms with Crippen molar-refractivity contribution in [3.63, 3.8) is 0 Å². The Balaban J connectivity index is 0.00000676. The summed E-state index contributed by atoms with van der Waals surface area (Å²) in [5.74, 6) is 0. The lowest BCUT2D eigenvalue weighted by Gasteiger charge is -2.03. The molecule has 0 radical (unpaired) electrons. The van der Waals surface area contributed by atoms with Gasteiger partial charge >= 0.3 is 0 Å². The van der Waals surface area contributed by atoms with E-state index in [-0.39, 0.29) is 17.0 Å². The molecule has 1 atom stereocenters. The van der Waals surface area contributed by atoms with Gasteiger partial charge in [0.25, 0.3) is 0 Å². The van der Waals surface area contributed by atoms with Crippen molar-refractivity contribution < 1.29 is 26.7 Å². The predicted octanol–water partition coefficient (Wildman–Crippen LogP) is 2.27. The predicted molar refractivity (Wildman–Crippen MR) is 110 cm³/mol. The molecule has 0 aromatic carbocycles. The molecule has 1 heterocycles. The molecule has 0 aliphatic carbocycles. The first-order valence-corrected chi connectivity index (χ1v) is 11.0. The summed E-state index contributed by atoms with van der Waals surface area (Å²) in [5.41, 5.74) is 0. The zero-order valence-electron chi connectivity index (χ0n) is 17.4. The minimum atomic E-state index is -0.683. The third-order valence-corrected chi connectivity index (χ3v) is 5.11. The first kappa shape index (κ1) is 26.3. The zero-order chi connectivity index (χ0) is 18.9. The number of halogens is 1. The van der Waals surface area contributed by atoms with Crippen LogP contribution in [-0.4, -0.2) is 22.0 Å². The molecule has 0 amide bonds. The molecular formula is C22H42BrN3O. The molecule has 5 heteroatoms. The van der Waals surface area contributed by atoms with Gasteiger partial charge in [-0.15, -0.1) is 0 Å². The number of imidazole rings is 1. The summed E-state index contributed by atoms with van der Waals surface area (Å²) < 4.78 is 4.12. The van der Waals surface area contributed by atoms with Gasteiger partial charge in [-0.2, -0.15) is 0 Å². The van der Waals surface area contributed by atoms with E-state index < -0.39 is 6.10 Å². The van der Waals surface area contributed by atoms with Gasteiger partial charge in [0, 0.05) is 6.21 Å². The van der Waals surface area contributed by atoms with Crippen molar-refractivity contribution in [3.05, 3.63) is 18.7 Å². The van der Waals surface area contributed by atoms with Crippen LogP contribution in [0.5, 0.6) is 0 Å². The van der Waals surface area contributed by atoms with E-state index >= 15 is 0 Å². The van der Waals surface area contributed by atoms with Crippen LogP contribution in [0.1, 0.15) is 96.8 Å². The van der Waals surface area contributed by atoms with E-state index in [9.17, 15) is 5.11 Å². The van der Waals surface area contributed by atoms with Crippen molar-refractivity contribution in [2.75, 3.05) is 0 Å². The topological polar surface area (TPSA) is 52.9 Å². The molecule has 0 fully saturated rings. The highest BCUT2D eigenvalue weighted by Gasteiger charge is 2.07. The van der Waals surface area contributed by atoms with Crippen LogP contribution in [0, 0.1) is 5.41 Å². The fourth-order valence-electron chi connectivity index (χ4n) is 3.44. The molecule has 2 N–H and O–H groups in total. The highest BCUT2D eigenvalue weighted by Crippen LogP contribution is 2.13. The Morgan fingerprint density at radius 3 is 1.85 bits per heavy atom. The second-order valence-electron chi connectivity index (χ2n) is 7.68. The molecule has 1 aromatic heterocycles. The molecule has 0 spiro atoms. The lowest BCUT2D eigenvalue weighted by molar-refractivity contribution is -0.700. The van der Waals surface area contributed by atoms with Gasteiger partial charge in [0.1, 0.15) is 25.0 Å². The molecule has 1 aromatic rings. The van der Waals surface area contributed by atoms with Crippen LogP contribution >= 0.6 is 0 Å². The number of nitrogens with zero attached hydrogens (tertiary/aromatic N) is 2. The van der Waals surface area contributed by atoms with Gasteiger partial charge in [0.15, 0.2) is 0 Å². The summed E-state index contributed by atoms with van der Waals surface area (Å²) in [6.07, 6.45) is 25.9. The van der Waals surface area contributed by atoms with Gasteiger partial charge < -0.3 is 27.5 Å². The van der Waals surface area contributed by atoms with E-state index in [2.05, 4.69) is 17.7 Å². The molecule has 0 saturated heterocycles. The van der Waals surface area contributed by atoms with E-state index in [4.69, 9.17) is 5.41 Å². The number of nitrogens with one attached hydrogen (secondary N) is 1. The van der Waals surface area contributed by atoms with Crippen molar-refractivity contribution in [1.82, 2.24) is 4.57 Å². The molecular weight excluding hydrogens is 402 g/mol. The van der Waals surface area contributed by atoms with Crippen molar-refractivity contribution in [3.8, 4) is 0 Å². The first-order valence-electron chi connectivity index (χ1n) is 11.0. The first-order chi connectivity index (χ1) is 12.8. The van der Waals surface area contributed by atoms with Crippen molar-refractivity contribution in [1.29, 1.82) is 5.41 Å². The van der Waals surface area contributed by atoms with Crippen molar-refractivity contribution in [2.24, 2.45) is 0 Å². The Morgan fingerprint density at radius 2 is 1.37 bits per heavy atom. The third-order valence-electron chi connectivity index (χ3n) is 5.11. The Bertz CT molecular complexity index is 451. The number of hydrogen-bond donors (Lipinski definition) is 2. The normalized spacial score (nSPS) is 11.9. The zero-order valence-corrected chi connectivity index (χ0v) is 19.0. The molecule has 1 unspecified atom stereocenters. The minimum absolute atomic E-state index is 0. The number of unbranched alkanes of at least 4 members (excludes halogenated alkanes) is 13. The second kappa shape index (κ2) is 18.7. The van der Waals surface area contributed by atoms with Gasteiger partial charge in [0.05, 0.1) is 6.54 Å². The Kier molecular flexibility index (Phi) is 18.2. The fourth-order valence-corrected chi connectivity index (χ4v) is 3.44. The summed E-state index contributed by atoms with van der Waals surface area (Å²) in [6.45, 7) is 3.80. The molecule has 27 heavy (non-hydrogen) atoms. The molecule has 4 nitrogen and oxygen atoms in total. The van der Waals surface area contributed by atoms with Gasteiger partial charge in [-0.05, 0) is 12.8 Å². The van der Waals surface area contributed by atoms with E-state index in [1.54, 1.807) is 0 Å². The SMILES string of the molecule is CCCCCCCCCCCCCCCCn1cc[n+](CC(O)C=N)c1.[Br-]. The standard InChI is InChI=1S/C22H42N3O.BrH/c1-2-3-4-5-6-7-8-9-10-11-12-13-14-15-16-24-17-18-25(21-24)20-22(26)19-23;/h17-19,21-23,26H,2-16,20H2,1H3;1H/q+1;/p-1. The summed E-state index contributed by atoms with van der Waals surface area (Å²) in [6, 6.07) is 0. The average molecular weight is 445 g/mol. The van der Waals surface area contributed by atoms with E-state index in [1.165, 1.54) is 89.9 Å². The van der Waals surface area contributed by atoms with Gasteiger partial charge in [-0.25, -0.2) is 9.13 Å². The maximum atomic E-state index is 9.46. The van der Waals surface area contributed by atoms with Gasteiger partial charge in [0.2, 0.25) is 6.33 Å². The van der Waals surface area contributed by atoms with Gasteiger partial charge in [-0.3, -0.25) is 0 Å². The van der Waals surface area contributed by atoms with Gasteiger partial charge in [-0.1, -0.05) is 84.0 Å². The van der Waals surface area contributed by atoms with Crippen molar-refractivity contribution >= 4 is 6.21 Å². The number of aryl methyl sites for hydroxylation is 1. The number of aliphatic hydroxyl groups is 1. The summed E-state index contributed by atoms with van der Waals surface area (Å²) in [4.78, 5) is 0. The average Bonchev–Trinajstić information content (AvgIpc) is 3.09. The molecule has 158 valence electrons. The van der Waals surface area contributed by atoms with Crippen molar-refractivity contribution in [2.45, 2.75) is 116 Å². The monoisotopic (exact) mass is 443 g/mol. The molecule has 0 bridgehead atoms. The quantitative estimate of drug-likeness (QED) is 0.204. The largest absolute Gasteiger partial charge is 1.00 e. The Morgan fingerprint density at radius 1 is 0.889 bits per heavy atom. The Hall–Kier alpha value is -0.680. The maximum absolute atomic E-state index is 9.46. The molecule has 1 rings (SSSR count). The summed E-state index contributed by atoms with van der Waals surface area (Å²) in [7, 11) is 0. The van der Waals surface area contributed by atoms with Crippen LogP contribution in [0.15, 0.2) is 18.7 Å². The van der Waals surface area contributed by atoms with Crippen LogP contribution < -0.4 is 21.5 Å². The lowest BCUT2D eigenvalue weighted by atomic mass is 10.0. The van der Waals surface area contributed by atoms with Crippen LogP contribution in [0.25, 0.3) is 0 Å². The number of hydrogen-bond acceptors (Lipinski definition) is 2. The maximum Gasteiger partial charge on any atom is 0.243 e. The number of aliphatic hydroxyl groups excluding tert-OH is 1. The van der Waals surface area contributed by atoms with E-state index in [0.29, 0.717) is 6.54 Å². The minimum Gasteiger partial charge on any atom is -1.00 e. The number of aromatic nitrogens is 2. The molecule has 0 aliphatic rings. The molecule has 0 aliphatic heterocycles. The van der Waals surface area contributed by atoms with E-state index in [1.807, 2.05) is 17.1 Å². The molecule has 0 saturated carbocycles. The third kappa shape index (κ3) is 15.0. The van der Waals surface area contributed by atoms with Crippen LogP contribution in [0.2, 0.25) is 0 Å². The van der Waals surface area contributed by atoms with Crippen LogP contribution in [0.3, 0.4) is 0 Å². The van der Waals surface area contributed by atoms with Crippen LogP contribution in [0.4, 0.5) is 0 Å². The second-order valence-corrected chi connectivity index (χ2v) is 7.68. The number of rotatable bonds is 18. The lowest BCUT2D eigenvalue weighted by Crippen LogP contribution is -3.00. The van der Waals surface area contributed by atoms with E-state index in [0.717, 1.165) is 12.8 Å². The smallest absolute Gasteiger partial charge is 0.243 e. The highest BCUT2D eigenvalue weighted by atomic mass is 79.9.